The molecule has 0 amide bonds. The molecular weight excluding hydrogens is 288 g/mol. The molecule has 2 aromatic rings. The van der Waals surface area contributed by atoms with Crippen molar-refractivity contribution in [1.29, 1.82) is 0 Å². The van der Waals surface area contributed by atoms with Gasteiger partial charge in [-0.1, -0.05) is 36.0 Å². The van der Waals surface area contributed by atoms with Crippen LogP contribution in [0.3, 0.4) is 0 Å². The highest BCUT2D eigenvalue weighted by molar-refractivity contribution is 7.99. The van der Waals surface area contributed by atoms with Crippen LogP contribution >= 0.6 is 11.8 Å². The summed E-state index contributed by atoms with van der Waals surface area (Å²) in [5.41, 5.74) is 2.36. The van der Waals surface area contributed by atoms with E-state index in [1.807, 2.05) is 24.3 Å². The van der Waals surface area contributed by atoms with Gasteiger partial charge < -0.3 is 5.32 Å². The summed E-state index contributed by atoms with van der Waals surface area (Å²) in [7, 11) is 0. The third-order valence-corrected chi connectivity index (χ3v) is 4.52. The van der Waals surface area contributed by atoms with Gasteiger partial charge in [-0.15, -0.1) is 0 Å². The van der Waals surface area contributed by atoms with Gasteiger partial charge in [-0.2, -0.15) is 0 Å². The lowest BCUT2D eigenvalue weighted by molar-refractivity contribution is 0.577. The van der Waals surface area contributed by atoms with Crippen molar-refractivity contribution in [3.63, 3.8) is 0 Å². The zero-order valence-corrected chi connectivity index (χ0v) is 12.2. The molecule has 0 fully saturated rings. The summed E-state index contributed by atoms with van der Waals surface area (Å²) in [6.45, 7) is 1.79. The number of halogens is 2. The van der Waals surface area contributed by atoms with Gasteiger partial charge in [-0.05, 0) is 48.4 Å². The highest BCUT2D eigenvalue weighted by Crippen LogP contribution is 2.36. The maximum atomic E-state index is 13.8. The first kappa shape index (κ1) is 14.3. The van der Waals surface area contributed by atoms with Crippen molar-refractivity contribution < 1.29 is 8.78 Å². The molecule has 0 spiro atoms. The van der Waals surface area contributed by atoms with Gasteiger partial charge in [0.05, 0.1) is 4.90 Å². The Hall–Kier alpha value is -1.65. The van der Waals surface area contributed by atoms with Crippen LogP contribution in [0.1, 0.15) is 12.0 Å². The first-order valence-electron chi connectivity index (χ1n) is 6.86. The second-order valence-corrected chi connectivity index (χ2v) is 5.94. The Morgan fingerprint density at radius 1 is 1.00 bits per heavy atom. The number of benzene rings is 2. The average Bonchev–Trinajstić information content (AvgIpc) is 2.52. The van der Waals surface area contributed by atoms with E-state index >= 15 is 0 Å². The first-order valence-corrected chi connectivity index (χ1v) is 7.68. The van der Waals surface area contributed by atoms with Crippen LogP contribution < -0.4 is 5.32 Å². The third kappa shape index (κ3) is 3.34. The molecule has 0 saturated heterocycles. The van der Waals surface area contributed by atoms with E-state index in [0.717, 1.165) is 36.0 Å². The van der Waals surface area contributed by atoms with Gasteiger partial charge in [0.2, 0.25) is 0 Å². The Bertz CT molecular complexity index is 682. The van der Waals surface area contributed by atoms with Crippen molar-refractivity contribution in [1.82, 2.24) is 5.32 Å². The van der Waals surface area contributed by atoms with Gasteiger partial charge in [-0.3, -0.25) is 0 Å². The molecule has 0 aromatic heterocycles. The highest BCUT2D eigenvalue weighted by Gasteiger charge is 2.13. The van der Waals surface area contributed by atoms with Crippen molar-refractivity contribution in [3.8, 4) is 0 Å². The largest absolute Gasteiger partial charge is 0.313 e. The van der Waals surface area contributed by atoms with E-state index in [2.05, 4.69) is 11.4 Å². The van der Waals surface area contributed by atoms with Crippen LogP contribution in [0.4, 0.5) is 8.78 Å². The van der Waals surface area contributed by atoms with Crippen LogP contribution in [-0.2, 0) is 0 Å². The van der Waals surface area contributed by atoms with Gasteiger partial charge >= 0.3 is 0 Å². The molecule has 2 aromatic carbocycles. The fraction of sp³-hybridized carbons (Fsp3) is 0.176. The van der Waals surface area contributed by atoms with Gasteiger partial charge in [-0.25, -0.2) is 8.78 Å². The molecule has 21 heavy (non-hydrogen) atoms. The third-order valence-electron chi connectivity index (χ3n) is 3.41. The molecule has 0 aliphatic carbocycles. The van der Waals surface area contributed by atoms with E-state index in [-0.39, 0.29) is 0 Å². The highest BCUT2D eigenvalue weighted by atomic mass is 32.2. The van der Waals surface area contributed by atoms with E-state index in [1.165, 1.54) is 29.5 Å². The normalized spacial score (nSPS) is 14.9. The SMILES string of the molecule is Fc1ccc(F)c(Sc2ccccc2C2=CCNCC2)c1. The lowest BCUT2D eigenvalue weighted by atomic mass is 10.0. The van der Waals surface area contributed by atoms with Crippen LogP contribution in [0.5, 0.6) is 0 Å². The van der Waals surface area contributed by atoms with Gasteiger partial charge in [0.1, 0.15) is 11.6 Å². The molecule has 108 valence electrons. The fourth-order valence-electron chi connectivity index (χ4n) is 2.36. The number of hydrogen-bond acceptors (Lipinski definition) is 2. The smallest absolute Gasteiger partial charge is 0.137 e. The molecule has 0 atom stereocenters. The molecule has 1 aliphatic heterocycles. The molecule has 0 saturated carbocycles. The number of rotatable bonds is 3. The van der Waals surface area contributed by atoms with Crippen LogP contribution in [0.25, 0.3) is 5.57 Å². The Morgan fingerprint density at radius 3 is 2.67 bits per heavy atom. The Labute approximate surface area is 127 Å². The van der Waals surface area contributed by atoms with Crippen molar-refractivity contribution in [2.45, 2.75) is 16.2 Å². The van der Waals surface area contributed by atoms with Crippen molar-refractivity contribution in [2.24, 2.45) is 0 Å². The van der Waals surface area contributed by atoms with Gasteiger partial charge in [0.25, 0.3) is 0 Å². The lowest BCUT2D eigenvalue weighted by Gasteiger charge is -2.17. The summed E-state index contributed by atoms with van der Waals surface area (Å²) in [6, 6.07) is 11.4. The minimum atomic E-state index is -0.419. The first-order chi connectivity index (χ1) is 10.2. The fourth-order valence-corrected chi connectivity index (χ4v) is 3.39. The molecule has 1 aliphatic rings. The predicted molar refractivity (Wildman–Crippen MR) is 82.4 cm³/mol. The van der Waals surface area contributed by atoms with Crippen molar-refractivity contribution in [3.05, 3.63) is 65.7 Å². The Kier molecular flexibility index (Phi) is 4.36. The van der Waals surface area contributed by atoms with Gasteiger partial charge in [0.15, 0.2) is 0 Å². The molecule has 0 unspecified atom stereocenters. The molecule has 0 bridgehead atoms. The van der Waals surface area contributed by atoms with Crippen LogP contribution in [0.15, 0.2) is 58.3 Å². The maximum Gasteiger partial charge on any atom is 0.137 e. The standard InChI is InChI=1S/C17H15F2NS/c18-13-5-6-15(19)17(11-13)21-16-4-2-1-3-14(16)12-7-9-20-10-8-12/h1-7,11,20H,8-10H2. The summed E-state index contributed by atoms with van der Waals surface area (Å²) >= 11 is 1.27. The Morgan fingerprint density at radius 2 is 1.86 bits per heavy atom. The molecule has 3 rings (SSSR count). The summed E-state index contributed by atoms with van der Waals surface area (Å²) in [5.74, 6) is -0.812. The van der Waals surface area contributed by atoms with E-state index in [1.54, 1.807) is 0 Å². The van der Waals surface area contributed by atoms with Gasteiger partial charge in [0, 0.05) is 11.4 Å². The summed E-state index contributed by atoms with van der Waals surface area (Å²) in [4.78, 5) is 1.27. The molecule has 1 nitrogen and oxygen atoms in total. The lowest BCUT2D eigenvalue weighted by Crippen LogP contribution is -2.20. The van der Waals surface area contributed by atoms with E-state index < -0.39 is 11.6 Å². The minimum Gasteiger partial charge on any atom is -0.313 e. The summed E-state index contributed by atoms with van der Waals surface area (Å²) < 4.78 is 27.1. The van der Waals surface area contributed by atoms with Crippen LogP contribution in [0.2, 0.25) is 0 Å². The van der Waals surface area contributed by atoms with E-state index in [4.69, 9.17) is 0 Å². The maximum absolute atomic E-state index is 13.8. The topological polar surface area (TPSA) is 12.0 Å². The quantitative estimate of drug-likeness (QED) is 0.896. The average molecular weight is 303 g/mol. The van der Waals surface area contributed by atoms with Crippen LogP contribution in [-0.4, -0.2) is 13.1 Å². The monoisotopic (exact) mass is 303 g/mol. The molecule has 1 N–H and O–H groups in total. The second kappa shape index (κ2) is 6.41. The van der Waals surface area contributed by atoms with E-state index in [9.17, 15) is 8.78 Å². The number of nitrogens with one attached hydrogen (secondary N) is 1. The zero-order valence-electron chi connectivity index (χ0n) is 11.4. The molecule has 1 heterocycles. The summed E-state index contributed by atoms with van der Waals surface area (Å²) in [6.07, 6.45) is 3.11. The van der Waals surface area contributed by atoms with E-state index in [0.29, 0.717) is 4.90 Å². The van der Waals surface area contributed by atoms with Crippen LogP contribution in [0, 0.1) is 11.6 Å². The zero-order chi connectivity index (χ0) is 14.7. The summed E-state index contributed by atoms with van der Waals surface area (Å²) in [5, 5.41) is 3.28. The second-order valence-electron chi connectivity index (χ2n) is 4.86. The van der Waals surface area contributed by atoms with Crippen molar-refractivity contribution >= 4 is 17.3 Å². The molecule has 0 radical (unpaired) electrons. The molecular formula is C17H15F2NS. The van der Waals surface area contributed by atoms with Crippen molar-refractivity contribution in [2.75, 3.05) is 13.1 Å². The minimum absolute atomic E-state index is 0.317. The Balaban J connectivity index is 1.95. The predicted octanol–water partition coefficient (Wildman–Crippen LogP) is 4.49. The molecule has 4 heteroatoms. The number of hydrogen-bond donors (Lipinski definition) is 1.